The lowest BCUT2D eigenvalue weighted by atomic mass is 10.1. The minimum atomic E-state index is -1.13. The molecule has 8 heteroatoms. The molecule has 0 aromatic heterocycles. The summed E-state index contributed by atoms with van der Waals surface area (Å²) >= 11 is 0. The number of quaternary nitrogens is 1. The predicted molar refractivity (Wildman–Crippen MR) is 203 cm³/mol. The number of hydrogen-bond acceptors (Lipinski definition) is 7. The van der Waals surface area contributed by atoms with Crippen LogP contribution in [0, 0.1) is 0 Å². The topological polar surface area (TPSA) is 102 Å². The molecule has 0 radical (unpaired) electrons. The van der Waals surface area contributed by atoms with Crippen LogP contribution in [-0.4, -0.2) is 75.5 Å². The highest BCUT2D eigenvalue weighted by atomic mass is 16.6. The van der Waals surface area contributed by atoms with Gasteiger partial charge in [0.2, 0.25) is 0 Å². The molecule has 0 aliphatic rings. The molecule has 0 saturated heterocycles. The van der Waals surface area contributed by atoms with Crippen LogP contribution in [-0.2, 0) is 28.6 Å². The highest BCUT2D eigenvalue weighted by Gasteiger charge is 2.25. The molecule has 0 aliphatic carbocycles. The first-order valence-corrected chi connectivity index (χ1v) is 20.0. The molecule has 0 spiro atoms. The van der Waals surface area contributed by atoms with E-state index < -0.39 is 18.1 Å². The van der Waals surface area contributed by atoms with Crippen molar-refractivity contribution >= 4 is 17.9 Å². The quantitative estimate of drug-likeness (QED) is 0.0281. The van der Waals surface area contributed by atoms with Crippen LogP contribution in [0.15, 0.2) is 36.5 Å². The first-order valence-electron chi connectivity index (χ1n) is 20.0. The van der Waals surface area contributed by atoms with Crippen molar-refractivity contribution in [3.05, 3.63) is 36.5 Å². The smallest absolute Gasteiger partial charge is 0.306 e. The molecule has 2 unspecified atom stereocenters. The van der Waals surface area contributed by atoms with Crippen LogP contribution >= 0.6 is 0 Å². The van der Waals surface area contributed by atoms with E-state index in [0.717, 1.165) is 83.5 Å². The first kappa shape index (κ1) is 47.5. The molecule has 0 saturated carbocycles. The van der Waals surface area contributed by atoms with E-state index in [-0.39, 0.29) is 42.7 Å². The summed E-state index contributed by atoms with van der Waals surface area (Å²) in [6.45, 7) is 4.54. The zero-order valence-corrected chi connectivity index (χ0v) is 32.8. The van der Waals surface area contributed by atoms with E-state index in [1.54, 1.807) is 21.1 Å². The van der Waals surface area contributed by atoms with Gasteiger partial charge >= 0.3 is 11.9 Å². The van der Waals surface area contributed by atoms with E-state index in [1.807, 2.05) is 0 Å². The fourth-order valence-electron chi connectivity index (χ4n) is 5.57. The highest BCUT2D eigenvalue weighted by Crippen LogP contribution is 2.13. The van der Waals surface area contributed by atoms with Crippen LogP contribution in [0.25, 0.3) is 0 Å². The number of nitrogens with zero attached hydrogens (tertiary/aromatic N) is 1. The fraction of sp³-hybridized carbons (Fsp3) is 0.786. The first-order chi connectivity index (χ1) is 24.1. The largest absolute Gasteiger partial charge is 0.544 e. The van der Waals surface area contributed by atoms with E-state index >= 15 is 0 Å². The molecule has 0 heterocycles. The van der Waals surface area contributed by atoms with Gasteiger partial charge in [-0.3, -0.25) is 9.59 Å². The lowest BCUT2D eigenvalue weighted by Gasteiger charge is -2.34. The number of unbranched alkanes of at least 4 members (excludes halogenated alkanes) is 15. The Kier molecular flexibility index (Phi) is 32.0. The van der Waals surface area contributed by atoms with Crippen molar-refractivity contribution in [2.75, 3.05) is 41.0 Å². The number of carbonyl (C=O) groups excluding carboxylic acids is 3. The number of hydrogen-bond donors (Lipinski definition) is 0. The molecule has 0 rings (SSSR count). The van der Waals surface area contributed by atoms with Crippen LogP contribution in [0.5, 0.6) is 0 Å². The molecule has 0 aromatic carbocycles. The van der Waals surface area contributed by atoms with E-state index in [2.05, 4.69) is 50.3 Å². The molecule has 0 N–H and O–H groups in total. The summed E-state index contributed by atoms with van der Waals surface area (Å²) in [4.78, 5) is 36.7. The Balaban J connectivity index is 4.44. The van der Waals surface area contributed by atoms with Crippen molar-refractivity contribution in [1.29, 1.82) is 0 Å². The summed E-state index contributed by atoms with van der Waals surface area (Å²) in [5.41, 5.74) is 0. The maximum atomic E-state index is 12.6. The average molecular weight is 706 g/mol. The van der Waals surface area contributed by atoms with Gasteiger partial charge < -0.3 is 28.6 Å². The summed E-state index contributed by atoms with van der Waals surface area (Å²) in [6.07, 6.45) is 35.9. The summed E-state index contributed by atoms with van der Waals surface area (Å²) in [6, 6.07) is -0.727. The molecule has 0 fully saturated rings. The second-order valence-corrected chi connectivity index (χ2v) is 14.5. The van der Waals surface area contributed by atoms with Gasteiger partial charge in [0.15, 0.2) is 6.10 Å². The summed E-state index contributed by atoms with van der Waals surface area (Å²) in [7, 11) is 5.39. The van der Waals surface area contributed by atoms with Gasteiger partial charge in [-0.05, 0) is 64.2 Å². The number of carboxylic acid groups (broad SMARTS) is 1. The number of carboxylic acids is 1. The minimum Gasteiger partial charge on any atom is -0.544 e. The molecule has 0 bridgehead atoms. The van der Waals surface area contributed by atoms with Gasteiger partial charge in [-0.1, -0.05) is 115 Å². The number of allylic oxidation sites excluding steroid dienone is 6. The van der Waals surface area contributed by atoms with Gasteiger partial charge in [0.25, 0.3) is 0 Å². The van der Waals surface area contributed by atoms with Crippen molar-refractivity contribution in [2.45, 2.75) is 174 Å². The van der Waals surface area contributed by atoms with Gasteiger partial charge in [-0.25, -0.2) is 0 Å². The molecule has 290 valence electrons. The lowest BCUT2D eigenvalue weighted by molar-refractivity contribution is -0.889. The van der Waals surface area contributed by atoms with Crippen LogP contribution in [0.2, 0.25) is 0 Å². The zero-order chi connectivity index (χ0) is 37.1. The maximum absolute atomic E-state index is 12.6. The molecule has 0 aliphatic heterocycles. The monoisotopic (exact) mass is 706 g/mol. The Morgan fingerprint density at radius 2 is 1.10 bits per heavy atom. The Morgan fingerprint density at radius 3 is 1.64 bits per heavy atom. The molecule has 0 aromatic rings. The Morgan fingerprint density at radius 1 is 0.600 bits per heavy atom. The molecule has 50 heavy (non-hydrogen) atoms. The van der Waals surface area contributed by atoms with Crippen LogP contribution in [0.1, 0.15) is 162 Å². The molecule has 8 nitrogen and oxygen atoms in total. The van der Waals surface area contributed by atoms with Crippen LogP contribution in [0.4, 0.5) is 0 Å². The lowest BCUT2D eigenvalue weighted by Crippen LogP contribution is -2.55. The van der Waals surface area contributed by atoms with Gasteiger partial charge in [-0.15, -0.1) is 0 Å². The molecular weight excluding hydrogens is 630 g/mol. The third-order valence-electron chi connectivity index (χ3n) is 8.73. The molecular formula is C42H75NO7. The second kappa shape index (κ2) is 33.7. The van der Waals surface area contributed by atoms with E-state index in [0.29, 0.717) is 12.8 Å². The van der Waals surface area contributed by atoms with Gasteiger partial charge in [-0.2, -0.15) is 0 Å². The third-order valence-corrected chi connectivity index (χ3v) is 8.73. The number of carbonyl (C=O) groups is 3. The van der Waals surface area contributed by atoms with Gasteiger partial charge in [0.05, 0.1) is 40.3 Å². The summed E-state index contributed by atoms with van der Waals surface area (Å²) in [5.74, 6) is -1.77. The molecule has 2 atom stereocenters. The standard InChI is InChI=1S/C42H75NO7/c1-6-8-10-12-14-16-18-20-22-24-26-28-30-32-40(44)49-37-38(36-48-35-34-39(42(46)47)43(3,4)5)50-41(45)33-31-29-27-25-23-21-19-17-15-13-11-9-7-2/h11,13,16-19,38-39H,6-10,12,14-15,20-37H2,1-5H3/b13-11-,18-16-,19-17-. The summed E-state index contributed by atoms with van der Waals surface area (Å²) in [5, 5.41) is 11.6. The Hall–Kier alpha value is -2.45. The van der Waals surface area contributed by atoms with Gasteiger partial charge in [0, 0.05) is 19.3 Å². The van der Waals surface area contributed by atoms with Crippen LogP contribution < -0.4 is 5.11 Å². The normalized spacial score (nSPS) is 13.4. The Labute approximate surface area is 306 Å². The summed E-state index contributed by atoms with van der Waals surface area (Å²) < 4.78 is 17.1. The van der Waals surface area contributed by atoms with Crippen molar-refractivity contribution < 1.29 is 38.2 Å². The van der Waals surface area contributed by atoms with Crippen molar-refractivity contribution in [1.82, 2.24) is 0 Å². The van der Waals surface area contributed by atoms with Crippen molar-refractivity contribution in [3.8, 4) is 0 Å². The van der Waals surface area contributed by atoms with E-state index in [4.69, 9.17) is 14.2 Å². The maximum Gasteiger partial charge on any atom is 0.306 e. The highest BCUT2D eigenvalue weighted by molar-refractivity contribution is 5.70. The molecule has 0 amide bonds. The average Bonchev–Trinajstić information content (AvgIpc) is 3.06. The number of aliphatic carboxylic acids is 1. The predicted octanol–water partition coefficient (Wildman–Crippen LogP) is 8.96. The zero-order valence-electron chi connectivity index (χ0n) is 32.8. The number of rotatable bonds is 35. The number of esters is 2. The third kappa shape index (κ3) is 31.5. The Bertz CT molecular complexity index is 922. The van der Waals surface area contributed by atoms with Gasteiger partial charge in [0.1, 0.15) is 12.6 Å². The van der Waals surface area contributed by atoms with E-state index in [9.17, 15) is 19.5 Å². The van der Waals surface area contributed by atoms with Crippen LogP contribution in [0.3, 0.4) is 0 Å². The van der Waals surface area contributed by atoms with E-state index in [1.165, 1.54) is 44.9 Å². The second-order valence-electron chi connectivity index (χ2n) is 14.5. The minimum absolute atomic E-state index is 0.0328. The van der Waals surface area contributed by atoms with Crippen molar-refractivity contribution in [2.24, 2.45) is 0 Å². The van der Waals surface area contributed by atoms with Crippen molar-refractivity contribution in [3.63, 3.8) is 0 Å². The fourth-order valence-corrected chi connectivity index (χ4v) is 5.57. The SMILES string of the molecule is CCC/C=C\C/C=C\CCCCCCCC(=O)OC(COCCC(C(=O)[O-])[N+](C)(C)C)COC(=O)CCCCCCC/C=C\CCCCCC. The number of ether oxygens (including phenoxy) is 3. The number of likely N-dealkylation sites (N-methyl/N-ethyl adjacent to an activating group) is 1.